The maximum atomic E-state index is 11.7. The van der Waals surface area contributed by atoms with Crippen LogP contribution in [-0.4, -0.2) is 27.8 Å². The lowest BCUT2D eigenvalue weighted by Crippen LogP contribution is -2.47. The van der Waals surface area contributed by atoms with Crippen LogP contribution in [0.4, 0.5) is 0 Å². The highest BCUT2D eigenvalue weighted by molar-refractivity contribution is 8.01. The molecule has 2 aliphatic heterocycles. The summed E-state index contributed by atoms with van der Waals surface area (Å²) in [5.74, 6) is -0.290. The molecule has 0 aromatic rings. The maximum Gasteiger partial charge on any atom is 0.332 e. The van der Waals surface area contributed by atoms with Crippen molar-refractivity contribution in [2.24, 2.45) is 0 Å². The van der Waals surface area contributed by atoms with E-state index in [1.807, 2.05) is 33.8 Å². The minimum absolute atomic E-state index is 0.0556. The number of carbonyl (C=O) groups excluding carboxylic acids is 2. The van der Waals surface area contributed by atoms with E-state index in [2.05, 4.69) is 0 Å². The molecule has 2 saturated heterocycles. The topological polar surface area (TPSA) is 46.6 Å². The average molecular weight is 267 g/mol. The van der Waals surface area contributed by atoms with E-state index in [1.165, 1.54) is 18.0 Å². The fourth-order valence-electron chi connectivity index (χ4n) is 1.99. The van der Waals surface area contributed by atoms with Gasteiger partial charge in [-0.3, -0.25) is 9.10 Å². The summed E-state index contributed by atoms with van der Waals surface area (Å²) < 4.78 is 6.94. The Labute approximate surface area is 111 Å². The van der Waals surface area contributed by atoms with E-state index in [0.717, 1.165) is 16.9 Å². The lowest BCUT2D eigenvalue weighted by molar-refractivity contribution is -0.148. The molecule has 0 N–H and O–H groups in total. The standard InChI is InChI=1S/C13H17NO3S/c1-5-9-10-6-8(18-14(10)12(9)16)7-11(15)17-13(2,3)4/h5,7,10H,6H2,1-4H3. The van der Waals surface area contributed by atoms with Crippen LogP contribution in [0.3, 0.4) is 0 Å². The Morgan fingerprint density at radius 3 is 2.72 bits per heavy atom. The number of carbonyl (C=O) groups is 2. The van der Waals surface area contributed by atoms with Gasteiger partial charge in [0, 0.05) is 23.0 Å². The van der Waals surface area contributed by atoms with Crippen molar-refractivity contribution in [3.8, 4) is 0 Å². The lowest BCUT2D eigenvalue weighted by atomic mass is 9.95. The number of rotatable bonds is 1. The van der Waals surface area contributed by atoms with Crippen molar-refractivity contribution in [1.29, 1.82) is 0 Å². The molecule has 0 spiro atoms. The minimum atomic E-state index is -0.485. The van der Waals surface area contributed by atoms with Crippen LogP contribution in [0.2, 0.25) is 0 Å². The molecule has 0 radical (unpaired) electrons. The minimum Gasteiger partial charge on any atom is -0.457 e. The summed E-state index contributed by atoms with van der Waals surface area (Å²) >= 11 is 1.35. The monoisotopic (exact) mass is 267 g/mol. The smallest absolute Gasteiger partial charge is 0.332 e. The first kappa shape index (κ1) is 13.2. The van der Waals surface area contributed by atoms with Crippen molar-refractivity contribution < 1.29 is 14.3 Å². The third-order valence-electron chi connectivity index (χ3n) is 2.70. The summed E-state index contributed by atoms with van der Waals surface area (Å²) in [7, 11) is 0. The lowest BCUT2D eigenvalue weighted by Gasteiger charge is -2.34. The molecule has 18 heavy (non-hydrogen) atoms. The molecule has 0 aromatic heterocycles. The number of β-lactam (4-membered cyclic amide) rings is 1. The number of ether oxygens (including phenoxy) is 1. The quantitative estimate of drug-likeness (QED) is 0.317. The zero-order chi connectivity index (χ0) is 13.5. The Hall–Kier alpha value is -1.23. The Morgan fingerprint density at radius 1 is 1.50 bits per heavy atom. The number of hydrogen-bond donors (Lipinski definition) is 0. The SMILES string of the molecule is CC=C1C(=O)N2SC(=CC(=O)OC(C)(C)C)CC12. The van der Waals surface area contributed by atoms with Crippen LogP contribution in [0.25, 0.3) is 0 Å². The van der Waals surface area contributed by atoms with Gasteiger partial charge < -0.3 is 4.74 Å². The zero-order valence-corrected chi connectivity index (χ0v) is 11.8. The number of amides is 1. The van der Waals surface area contributed by atoms with E-state index in [0.29, 0.717) is 0 Å². The Bertz CT molecular complexity index is 459. The molecule has 2 heterocycles. The Kier molecular flexibility index (Phi) is 3.27. The number of nitrogens with zero attached hydrogens (tertiary/aromatic N) is 1. The Morgan fingerprint density at radius 2 is 2.17 bits per heavy atom. The van der Waals surface area contributed by atoms with Gasteiger partial charge in [0.1, 0.15) is 5.60 Å². The van der Waals surface area contributed by atoms with Gasteiger partial charge >= 0.3 is 5.97 Å². The number of esters is 1. The van der Waals surface area contributed by atoms with Gasteiger partial charge in [-0.2, -0.15) is 0 Å². The summed E-state index contributed by atoms with van der Waals surface area (Å²) in [5, 5.41) is 0. The van der Waals surface area contributed by atoms with Crippen molar-refractivity contribution in [2.45, 2.75) is 45.8 Å². The van der Waals surface area contributed by atoms with Crippen LogP contribution in [-0.2, 0) is 14.3 Å². The van der Waals surface area contributed by atoms with Crippen molar-refractivity contribution in [3.05, 3.63) is 22.6 Å². The second-order valence-electron chi connectivity index (χ2n) is 5.33. The van der Waals surface area contributed by atoms with Crippen LogP contribution in [0.1, 0.15) is 34.1 Å². The van der Waals surface area contributed by atoms with Gasteiger partial charge in [0.05, 0.1) is 6.04 Å². The maximum absolute atomic E-state index is 11.7. The number of hydrogen-bond acceptors (Lipinski definition) is 4. The highest BCUT2D eigenvalue weighted by atomic mass is 32.2. The van der Waals surface area contributed by atoms with Crippen molar-refractivity contribution in [1.82, 2.24) is 4.31 Å². The first-order valence-corrected chi connectivity index (χ1v) is 6.70. The first-order valence-electron chi connectivity index (χ1n) is 5.93. The van der Waals surface area contributed by atoms with E-state index in [4.69, 9.17) is 4.74 Å². The van der Waals surface area contributed by atoms with E-state index in [-0.39, 0.29) is 17.9 Å². The predicted molar refractivity (Wildman–Crippen MR) is 70.5 cm³/mol. The molecule has 98 valence electrons. The summed E-state index contributed by atoms with van der Waals surface area (Å²) in [6.45, 7) is 7.37. The second kappa shape index (κ2) is 4.46. The fraction of sp³-hybridized carbons (Fsp3) is 0.538. The average Bonchev–Trinajstić information content (AvgIpc) is 2.55. The number of allylic oxidation sites excluding steroid dienone is 1. The van der Waals surface area contributed by atoms with Crippen molar-refractivity contribution >= 4 is 23.8 Å². The van der Waals surface area contributed by atoms with Crippen LogP contribution in [0.15, 0.2) is 22.6 Å². The highest BCUT2D eigenvalue weighted by Crippen LogP contribution is 2.47. The van der Waals surface area contributed by atoms with Crippen LogP contribution < -0.4 is 0 Å². The van der Waals surface area contributed by atoms with E-state index in [9.17, 15) is 9.59 Å². The molecule has 1 atom stereocenters. The van der Waals surface area contributed by atoms with E-state index >= 15 is 0 Å². The molecule has 2 fully saturated rings. The first-order chi connectivity index (χ1) is 8.31. The molecular weight excluding hydrogens is 250 g/mol. The summed E-state index contributed by atoms with van der Waals surface area (Å²) in [6.07, 6.45) is 4.06. The molecule has 5 heteroatoms. The molecular formula is C13H17NO3S. The molecule has 2 aliphatic rings. The van der Waals surface area contributed by atoms with E-state index < -0.39 is 5.60 Å². The van der Waals surface area contributed by atoms with Crippen molar-refractivity contribution in [3.63, 3.8) is 0 Å². The van der Waals surface area contributed by atoms with E-state index in [1.54, 1.807) is 4.31 Å². The molecule has 0 bridgehead atoms. The van der Waals surface area contributed by atoms with Gasteiger partial charge in [0.15, 0.2) is 0 Å². The summed E-state index contributed by atoms with van der Waals surface area (Å²) in [6, 6.07) is 0.140. The molecule has 0 aromatic carbocycles. The summed E-state index contributed by atoms with van der Waals surface area (Å²) in [4.78, 5) is 24.2. The van der Waals surface area contributed by atoms with Crippen LogP contribution >= 0.6 is 11.9 Å². The van der Waals surface area contributed by atoms with Gasteiger partial charge in [-0.15, -0.1) is 0 Å². The summed E-state index contributed by atoms with van der Waals surface area (Å²) in [5.41, 5.74) is 0.358. The molecule has 2 rings (SSSR count). The third-order valence-corrected chi connectivity index (χ3v) is 3.83. The second-order valence-corrected chi connectivity index (χ2v) is 6.43. The van der Waals surface area contributed by atoms with Gasteiger partial charge in [-0.25, -0.2) is 4.79 Å². The normalized spacial score (nSPS) is 27.4. The molecule has 1 amide bonds. The molecule has 1 unspecified atom stereocenters. The predicted octanol–water partition coefficient (Wildman–Crippen LogP) is 2.42. The van der Waals surface area contributed by atoms with Crippen molar-refractivity contribution in [2.75, 3.05) is 0 Å². The highest BCUT2D eigenvalue weighted by Gasteiger charge is 2.47. The Balaban J connectivity index is 2.02. The molecule has 0 saturated carbocycles. The van der Waals surface area contributed by atoms with Crippen LogP contribution in [0.5, 0.6) is 0 Å². The van der Waals surface area contributed by atoms with Gasteiger partial charge in [0.25, 0.3) is 5.91 Å². The third kappa shape index (κ3) is 2.46. The molecule has 4 nitrogen and oxygen atoms in total. The van der Waals surface area contributed by atoms with Gasteiger partial charge in [-0.05, 0) is 39.6 Å². The van der Waals surface area contributed by atoms with Gasteiger partial charge in [0.2, 0.25) is 0 Å². The van der Waals surface area contributed by atoms with Gasteiger partial charge in [-0.1, -0.05) is 6.08 Å². The molecule has 0 aliphatic carbocycles. The fourth-order valence-corrected chi connectivity index (χ4v) is 3.13. The largest absolute Gasteiger partial charge is 0.457 e. The number of fused-ring (bicyclic) bond motifs is 1. The zero-order valence-electron chi connectivity index (χ0n) is 11.0. The van der Waals surface area contributed by atoms with Crippen LogP contribution in [0, 0.1) is 0 Å².